The van der Waals surface area contributed by atoms with Gasteiger partial charge < -0.3 is 15.2 Å². The standard InChI is InChI=1S/C12H28N2O2/c1-5-11(2)14(8-9-15-3)7-6-12(10-13)16-4/h11-12H,5-10,13H2,1-4H3. The predicted octanol–water partition coefficient (Wildman–Crippen LogP) is 1.10. The molecule has 0 radical (unpaired) electrons. The molecule has 0 aromatic rings. The quantitative estimate of drug-likeness (QED) is 0.613. The van der Waals surface area contributed by atoms with E-state index in [1.54, 1.807) is 14.2 Å². The van der Waals surface area contributed by atoms with Gasteiger partial charge in [-0.3, -0.25) is 4.90 Å². The van der Waals surface area contributed by atoms with Crippen LogP contribution in [-0.4, -0.2) is 57.5 Å². The van der Waals surface area contributed by atoms with Gasteiger partial charge in [-0.05, 0) is 19.8 Å². The number of hydrogen-bond acceptors (Lipinski definition) is 4. The van der Waals surface area contributed by atoms with Gasteiger partial charge in [0.25, 0.3) is 0 Å². The third-order valence-corrected chi connectivity index (χ3v) is 3.13. The average Bonchev–Trinajstić information content (AvgIpc) is 2.33. The molecule has 0 spiro atoms. The fourth-order valence-electron chi connectivity index (χ4n) is 1.66. The summed E-state index contributed by atoms with van der Waals surface area (Å²) in [6.45, 7) is 7.83. The highest BCUT2D eigenvalue weighted by Crippen LogP contribution is 2.06. The van der Waals surface area contributed by atoms with Crippen molar-refractivity contribution in [1.29, 1.82) is 0 Å². The Balaban J connectivity index is 3.99. The molecule has 2 atom stereocenters. The summed E-state index contributed by atoms with van der Waals surface area (Å²) in [6.07, 6.45) is 2.32. The molecule has 0 aromatic heterocycles. The van der Waals surface area contributed by atoms with Crippen LogP contribution in [0.25, 0.3) is 0 Å². The minimum Gasteiger partial charge on any atom is -0.383 e. The summed E-state index contributed by atoms with van der Waals surface area (Å²) in [6, 6.07) is 0.588. The Morgan fingerprint density at radius 3 is 2.38 bits per heavy atom. The summed E-state index contributed by atoms with van der Waals surface area (Å²) < 4.78 is 10.4. The van der Waals surface area contributed by atoms with Crippen molar-refractivity contribution in [2.75, 3.05) is 40.5 Å². The summed E-state index contributed by atoms with van der Waals surface area (Å²) in [5, 5.41) is 0. The van der Waals surface area contributed by atoms with E-state index >= 15 is 0 Å². The second-order valence-corrected chi connectivity index (χ2v) is 4.17. The van der Waals surface area contributed by atoms with Crippen molar-refractivity contribution in [2.45, 2.75) is 38.8 Å². The first-order valence-electron chi connectivity index (χ1n) is 6.15. The van der Waals surface area contributed by atoms with Crippen molar-refractivity contribution in [1.82, 2.24) is 4.90 Å². The van der Waals surface area contributed by atoms with Crippen molar-refractivity contribution in [3.63, 3.8) is 0 Å². The van der Waals surface area contributed by atoms with Crippen LogP contribution in [-0.2, 0) is 9.47 Å². The van der Waals surface area contributed by atoms with E-state index in [-0.39, 0.29) is 6.10 Å². The Kier molecular flexibility index (Phi) is 9.92. The molecule has 16 heavy (non-hydrogen) atoms. The van der Waals surface area contributed by atoms with Crippen LogP contribution < -0.4 is 5.73 Å². The van der Waals surface area contributed by atoms with Crippen LogP contribution in [0.3, 0.4) is 0 Å². The molecule has 98 valence electrons. The van der Waals surface area contributed by atoms with E-state index in [0.29, 0.717) is 12.6 Å². The molecular weight excluding hydrogens is 204 g/mol. The van der Waals surface area contributed by atoms with E-state index in [1.165, 1.54) is 0 Å². The van der Waals surface area contributed by atoms with E-state index < -0.39 is 0 Å². The lowest BCUT2D eigenvalue weighted by Crippen LogP contribution is -2.38. The molecule has 0 heterocycles. The van der Waals surface area contributed by atoms with Crippen molar-refractivity contribution in [3.05, 3.63) is 0 Å². The van der Waals surface area contributed by atoms with Gasteiger partial charge in [-0.15, -0.1) is 0 Å². The third-order valence-electron chi connectivity index (χ3n) is 3.13. The fraction of sp³-hybridized carbons (Fsp3) is 1.00. The Bertz CT molecular complexity index is 152. The summed E-state index contributed by atoms with van der Waals surface area (Å²) in [4.78, 5) is 2.44. The molecule has 0 fully saturated rings. The zero-order valence-electron chi connectivity index (χ0n) is 11.2. The molecule has 0 rings (SSSR count). The van der Waals surface area contributed by atoms with E-state index in [4.69, 9.17) is 15.2 Å². The zero-order valence-corrected chi connectivity index (χ0v) is 11.2. The normalized spacial score (nSPS) is 15.4. The van der Waals surface area contributed by atoms with Gasteiger partial charge in [-0.1, -0.05) is 6.92 Å². The molecule has 0 aliphatic rings. The highest BCUT2D eigenvalue weighted by atomic mass is 16.5. The Morgan fingerprint density at radius 1 is 1.25 bits per heavy atom. The van der Waals surface area contributed by atoms with Crippen LogP contribution in [0, 0.1) is 0 Å². The third kappa shape index (κ3) is 6.43. The van der Waals surface area contributed by atoms with E-state index in [1.807, 2.05) is 0 Å². The van der Waals surface area contributed by atoms with Crippen LogP contribution in [0.2, 0.25) is 0 Å². The predicted molar refractivity (Wildman–Crippen MR) is 67.7 cm³/mol. The molecule has 0 aliphatic heterocycles. The van der Waals surface area contributed by atoms with Crippen LogP contribution >= 0.6 is 0 Å². The maximum absolute atomic E-state index is 5.61. The first-order chi connectivity index (χ1) is 7.69. The van der Waals surface area contributed by atoms with Crippen molar-refractivity contribution in [2.24, 2.45) is 5.73 Å². The van der Waals surface area contributed by atoms with Crippen LogP contribution in [0.15, 0.2) is 0 Å². The lowest BCUT2D eigenvalue weighted by molar-refractivity contribution is 0.0720. The summed E-state index contributed by atoms with van der Waals surface area (Å²) in [5.41, 5.74) is 5.61. The van der Waals surface area contributed by atoms with Crippen molar-refractivity contribution in [3.8, 4) is 0 Å². The highest BCUT2D eigenvalue weighted by Gasteiger charge is 2.14. The van der Waals surface area contributed by atoms with Crippen LogP contribution in [0.1, 0.15) is 26.7 Å². The van der Waals surface area contributed by atoms with Gasteiger partial charge in [-0.25, -0.2) is 0 Å². The summed E-state index contributed by atoms with van der Waals surface area (Å²) in [7, 11) is 3.47. The molecule has 2 N–H and O–H groups in total. The summed E-state index contributed by atoms with van der Waals surface area (Å²) in [5.74, 6) is 0. The van der Waals surface area contributed by atoms with Gasteiger partial charge >= 0.3 is 0 Å². The molecule has 0 saturated carbocycles. The number of nitrogens with two attached hydrogens (primary N) is 1. The van der Waals surface area contributed by atoms with Crippen LogP contribution in [0.5, 0.6) is 0 Å². The van der Waals surface area contributed by atoms with E-state index in [2.05, 4.69) is 18.7 Å². The largest absolute Gasteiger partial charge is 0.383 e. The highest BCUT2D eigenvalue weighted by molar-refractivity contribution is 4.69. The minimum atomic E-state index is 0.175. The summed E-state index contributed by atoms with van der Waals surface area (Å²) >= 11 is 0. The lowest BCUT2D eigenvalue weighted by Gasteiger charge is -2.29. The second kappa shape index (κ2) is 10.0. The lowest BCUT2D eigenvalue weighted by atomic mass is 10.2. The SMILES string of the molecule is CCC(C)N(CCOC)CCC(CN)OC. The van der Waals surface area contributed by atoms with Crippen LogP contribution in [0.4, 0.5) is 0 Å². The van der Waals surface area contributed by atoms with Gasteiger partial charge in [0.15, 0.2) is 0 Å². The maximum atomic E-state index is 5.61. The van der Waals surface area contributed by atoms with Crippen molar-refractivity contribution >= 4 is 0 Å². The van der Waals surface area contributed by atoms with Gasteiger partial charge in [0.2, 0.25) is 0 Å². The molecule has 4 heteroatoms. The number of ether oxygens (including phenoxy) is 2. The number of methoxy groups -OCH3 is 2. The molecule has 0 aromatic carbocycles. The van der Waals surface area contributed by atoms with Gasteiger partial charge in [0.1, 0.15) is 0 Å². The minimum absolute atomic E-state index is 0.175. The maximum Gasteiger partial charge on any atom is 0.0705 e. The first-order valence-corrected chi connectivity index (χ1v) is 6.15. The fourth-order valence-corrected chi connectivity index (χ4v) is 1.66. The number of rotatable bonds is 10. The van der Waals surface area contributed by atoms with E-state index in [9.17, 15) is 0 Å². The van der Waals surface area contributed by atoms with Gasteiger partial charge in [0, 0.05) is 39.9 Å². The molecule has 0 saturated heterocycles. The molecule has 2 unspecified atom stereocenters. The molecule has 0 amide bonds. The Hall–Kier alpha value is -0.160. The topological polar surface area (TPSA) is 47.7 Å². The zero-order chi connectivity index (χ0) is 12.4. The average molecular weight is 232 g/mol. The Labute approximate surface area is 100 Å². The Morgan fingerprint density at radius 2 is 1.94 bits per heavy atom. The van der Waals surface area contributed by atoms with Crippen molar-refractivity contribution < 1.29 is 9.47 Å². The number of nitrogens with zero attached hydrogens (tertiary/aromatic N) is 1. The first kappa shape index (κ1) is 15.8. The van der Waals surface area contributed by atoms with Gasteiger partial charge in [-0.2, -0.15) is 0 Å². The van der Waals surface area contributed by atoms with Gasteiger partial charge in [0.05, 0.1) is 12.7 Å². The molecule has 0 bridgehead atoms. The molecule has 0 aliphatic carbocycles. The molecule has 4 nitrogen and oxygen atoms in total. The number of hydrogen-bond donors (Lipinski definition) is 1. The van der Waals surface area contributed by atoms with E-state index in [0.717, 1.165) is 32.5 Å². The molecular formula is C12H28N2O2. The monoisotopic (exact) mass is 232 g/mol. The smallest absolute Gasteiger partial charge is 0.0705 e. The second-order valence-electron chi connectivity index (χ2n) is 4.17.